The molecule has 0 bridgehead atoms. The number of amides is 1. The Hall–Kier alpha value is -0.610. The van der Waals surface area contributed by atoms with Gasteiger partial charge in [0.05, 0.1) is 6.54 Å². The third kappa shape index (κ3) is 3.46. The van der Waals surface area contributed by atoms with Crippen molar-refractivity contribution in [3.8, 4) is 0 Å². The van der Waals surface area contributed by atoms with Crippen molar-refractivity contribution in [1.29, 1.82) is 0 Å². The maximum atomic E-state index is 11.7. The van der Waals surface area contributed by atoms with E-state index >= 15 is 0 Å². The molecule has 1 aliphatic heterocycles. The van der Waals surface area contributed by atoms with Crippen molar-refractivity contribution in [3.05, 3.63) is 0 Å². The lowest BCUT2D eigenvalue weighted by Gasteiger charge is -2.39. The summed E-state index contributed by atoms with van der Waals surface area (Å²) in [4.78, 5) is 13.4. The van der Waals surface area contributed by atoms with Gasteiger partial charge in [-0.05, 0) is 33.6 Å². The molecule has 1 saturated heterocycles. The molecule has 4 nitrogen and oxygen atoms in total. The van der Waals surface area contributed by atoms with Crippen LogP contribution in [0.2, 0.25) is 0 Å². The zero-order chi connectivity index (χ0) is 12.1. The Labute approximate surface area is 98.9 Å². The highest BCUT2D eigenvalue weighted by Gasteiger charge is 2.24. The Morgan fingerprint density at radius 2 is 1.94 bits per heavy atom. The molecule has 1 rings (SSSR count). The fourth-order valence-electron chi connectivity index (χ4n) is 2.20. The molecule has 2 atom stereocenters. The van der Waals surface area contributed by atoms with E-state index in [9.17, 15) is 4.79 Å². The lowest BCUT2D eigenvalue weighted by atomic mass is 10.00. The van der Waals surface area contributed by atoms with Crippen molar-refractivity contribution < 1.29 is 4.79 Å². The first-order valence-corrected chi connectivity index (χ1v) is 6.32. The average molecular weight is 227 g/mol. The first-order valence-electron chi connectivity index (χ1n) is 6.32. The summed E-state index contributed by atoms with van der Waals surface area (Å²) in [7, 11) is 1.84. The number of carbonyl (C=O) groups is 1. The third-order valence-electron chi connectivity index (χ3n) is 3.51. The maximum Gasteiger partial charge on any atom is 0.237 e. The van der Waals surface area contributed by atoms with Gasteiger partial charge in [-0.15, -0.1) is 0 Å². The van der Waals surface area contributed by atoms with Crippen molar-refractivity contribution in [3.63, 3.8) is 0 Å². The molecular formula is C12H25N3O. The molecule has 0 spiro atoms. The van der Waals surface area contributed by atoms with Crippen molar-refractivity contribution >= 4 is 5.91 Å². The molecule has 0 aromatic carbocycles. The molecule has 0 radical (unpaired) electrons. The minimum absolute atomic E-state index is 0.160. The molecule has 4 heteroatoms. The molecule has 1 aliphatic rings. The number of carbonyl (C=O) groups excluding carboxylic acids is 1. The second-order valence-corrected chi connectivity index (χ2v) is 4.78. The van der Waals surface area contributed by atoms with Crippen LogP contribution in [0, 0.1) is 0 Å². The average Bonchev–Trinajstić information content (AvgIpc) is 2.27. The SMILES string of the molecule is CCN(C)C(=O)CNN1C(C)CCCC1C. The Kier molecular flexibility index (Phi) is 5.22. The number of nitrogens with one attached hydrogen (secondary N) is 1. The van der Waals surface area contributed by atoms with Crippen LogP contribution < -0.4 is 5.43 Å². The van der Waals surface area contributed by atoms with E-state index in [0.29, 0.717) is 18.6 Å². The Balaban J connectivity index is 2.38. The van der Waals surface area contributed by atoms with Crippen molar-refractivity contribution in [2.45, 2.75) is 52.1 Å². The van der Waals surface area contributed by atoms with Crippen LogP contribution in [0.1, 0.15) is 40.0 Å². The fourth-order valence-corrected chi connectivity index (χ4v) is 2.20. The van der Waals surface area contributed by atoms with E-state index < -0.39 is 0 Å². The molecule has 2 unspecified atom stereocenters. The van der Waals surface area contributed by atoms with Gasteiger partial charge in [0, 0.05) is 25.7 Å². The van der Waals surface area contributed by atoms with Crippen LogP contribution in [-0.2, 0) is 4.79 Å². The normalized spacial score (nSPS) is 26.8. The van der Waals surface area contributed by atoms with Crippen LogP contribution in [0.4, 0.5) is 0 Å². The van der Waals surface area contributed by atoms with E-state index in [0.717, 1.165) is 6.54 Å². The highest BCUT2D eigenvalue weighted by molar-refractivity contribution is 5.77. The zero-order valence-corrected chi connectivity index (χ0v) is 11.0. The highest BCUT2D eigenvalue weighted by atomic mass is 16.2. The molecule has 1 heterocycles. The fraction of sp³-hybridized carbons (Fsp3) is 0.917. The van der Waals surface area contributed by atoms with Gasteiger partial charge >= 0.3 is 0 Å². The van der Waals surface area contributed by atoms with Crippen molar-refractivity contribution in [1.82, 2.24) is 15.3 Å². The van der Waals surface area contributed by atoms with Gasteiger partial charge in [0.25, 0.3) is 0 Å². The molecule has 1 fully saturated rings. The molecule has 94 valence electrons. The van der Waals surface area contributed by atoms with Crippen LogP contribution in [0.3, 0.4) is 0 Å². The lowest BCUT2D eigenvalue weighted by Crippen LogP contribution is -2.54. The summed E-state index contributed by atoms with van der Waals surface area (Å²) in [6.07, 6.45) is 3.73. The van der Waals surface area contributed by atoms with Crippen molar-refractivity contribution in [2.24, 2.45) is 0 Å². The van der Waals surface area contributed by atoms with E-state index in [1.54, 1.807) is 4.90 Å². The van der Waals surface area contributed by atoms with Gasteiger partial charge in [-0.25, -0.2) is 10.4 Å². The number of rotatable bonds is 4. The van der Waals surface area contributed by atoms with Gasteiger partial charge in [0.15, 0.2) is 0 Å². The van der Waals surface area contributed by atoms with Crippen LogP contribution in [0.5, 0.6) is 0 Å². The summed E-state index contributed by atoms with van der Waals surface area (Å²) in [5, 5.41) is 2.24. The third-order valence-corrected chi connectivity index (χ3v) is 3.51. The number of piperidine rings is 1. The smallest absolute Gasteiger partial charge is 0.237 e. The number of likely N-dealkylation sites (N-methyl/N-ethyl adjacent to an activating group) is 1. The molecule has 0 aliphatic carbocycles. The summed E-state index contributed by atoms with van der Waals surface area (Å²) in [6.45, 7) is 7.61. The number of hydrogen-bond acceptors (Lipinski definition) is 3. The maximum absolute atomic E-state index is 11.7. The zero-order valence-electron chi connectivity index (χ0n) is 11.0. The molecule has 16 heavy (non-hydrogen) atoms. The van der Waals surface area contributed by atoms with Gasteiger partial charge in [-0.1, -0.05) is 6.42 Å². The Morgan fingerprint density at radius 3 is 2.44 bits per heavy atom. The monoisotopic (exact) mass is 227 g/mol. The lowest BCUT2D eigenvalue weighted by molar-refractivity contribution is -0.130. The summed E-state index contributed by atoms with van der Waals surface area (Å²) in [6, 6.07) is 1.06. The number of hydrogen-bond donors (Lipinski definition) is 1. The Bertz CT molecular complexity index is 222. The first-order chi connectivity index (χ1) is 7.56. The standard InChI is InChI=1S/C12H25N3O/c1-5-14(4)12(16)9-13-15-10(2)7-6-8-11(15)3/h10-11,13H,5-9H2,1-4H3. The van der Waals surface area contributed by atoms with Gasteiger partial charge in [0.1, 0.15) is 0 Å². The predicted molar refractivity (Wildman–Crippen MR) is 65.9 cm³/mol. The summed E-state index contributed by atoms with van der Waals surface area (Å²) in [5.41, 5.74) is 3.28. The van der Waals surface area contributed by atoms with Gasteiger partial charge in [0.2, 0.25) is 5.91 Å². The topological polar surface area (TPSA) is 35.6 Å². The second kappa shape index (κ2) is 6.21. The molecule has 0 saturated carbocycles. The first kappa shape index (κ1) is 13.5. The second-order valence-electron chi connectivity index (χ2n) is 4.78. The number of hydrazine groups is 1. The minimum Gasteiger partial charge on any atom is -0.345 e. The molecule has 0 aromatic heterocycles. The van der Waals surface area contributed by atoms with E-state index in [2.05, 4.69) is 24.3 Å². The molecule has 0 aromatic rings. The minimum atomic E-state index is 0.160. The summed E-state index contributed by atoms with van der Waals surface area (Å²) < 4.78 is 0. The number of nitrogens with zero attached hydrogens (tertiary/aromatic N) is 2. The van der Waals surface area contributed by atoms with Gasteiger partial charge in [-0.2, -0.15) is 0 Å². The largest absolute Gasteiger partial charge is 0.345 e. The van der Waals surface area contributed by atoms with Crippen LogP contribution in [-0.4, -0.2) is 48.0 Å². The van der Waals surface area contributed by atoms with Crippen molar-refractivity contribution in [2.75, 3.05) is 20.1 Å². The molecule has 1 amide bonds. The molecular weight excluding hydrogens is 202 g/mol. The van der Waals surface area contributed by atoms with Crippen LogP contribution >= 0.6 is 0 Å². The van der Waals surface area contributed by atoms with Gasteiger partial charge < -0.3 is 4.90 Å². The van der Waals surface area contributed by atoms with E-state index in [1.807, 2.05) is 14.0 Å². The highest BCUT2D eigenvalue weighted by Crippen LogP contribution is 2.19. The van der Waals surface area contributed by atoms with Gasteiger partial charge in [-0.3, -0.25) is 4.79 Å². The summed E-state index contributed by atoms with van der Waals surface area (Å²) in [5.74, 6) is 0.160. The molecule has 1 N–H and O–H groups in total. The van der Waals surface area contributed by atoms with E-state index in [-0.39, 0.29) is 5.91 Å². The predicted octanol–water partition coefficient (Wildman–Crippen LogP) is 1.23. The van der Waals surface area contributed by atoms with E-state index in [4.69, 9.17) is 0 Å². The Morgan fingerprint density at radius 1 is 1.38 bits per heavy atom. The van der Waals surface area contributed by atoms with Crippen LogP contribution in [0.25, 0.3) is 0 Å². The van der Waals surface area contributed by atoms with E-state index in [1.165, 1.54) is 19.3 Å². The summed E-state index contributed by atoms with van der Waals surface area (Å²) >= 11 is 0. The van der Waals surface area contributed by atoms with Crippen LogP contribution in [0.15, 0.2) is 0 Å². The quantitative estimate of drug-likeness (QED) is 0.784.